The van der Waals surface area contributed by atoms with Gasteiger partial charge in [-0.05, 0) is 32.9 Å². The Kier molecular flexibility index (Phi) is 5.28. The van der Waals surface area contributed by atoms with Crippen molar-refractivity contribution in [2.24, 2.45) is 0 Å². The van der Waals surface area contributed by atoms with E-state index >= 15 is 0 Å². The molecule has 0 saturated carbocycles. The average Bonchev–Trinajstić information content (AvgIpc) is 2.28. The highest BCUT2D eigenvalue weighted by Crippen LogP contribution is 2.10. The summed E-state index contributed by atoms with van der Waals surface area (Å²) in [4.78, 5) is 15.5. The fourth-order valence-corrected chi connectivity index (χ4v) is 2.19. The summed E-state index contributed by atoms with van der Waals surface area (Å²) in [6.45, 7) is 6.11. The topological polar surface area (TPSA) is 59.1 Å². The van der Waals surface area contributed by atoms with Crippen LogP contribution in [0, 0.1) is 0 Å². The molecule has 4 nitrogen and oxygen atoms in total. The molecule has 100 valence electrons. The van der Waals surface area contributed by atoms with Crippen LogP contribution in [0.25, 0.3) is 0 Å². The lowest BCUT2D eigenvalue weighted by Gasteiger charge is -2.17. The molecule has 1 aromatic heterocycles. The number of carbonyl (C=O) groups excluding carboxylic acids is 1. The predicted octanol–water partition coefficient (Wildman–Crippen LogP) is 2.01. The zero-order valence-corrected chi connectivity index (χ0v) is 12.3. The van der Waals surface area contributed by atoms with E-state index < -0.39 is 10.8 Å². The molecule has 0 aliphatic heterocycles. The third-order valence-electron chi connectivity index (χ3n) is 2.25. The molecular weight excluding hydrogens is 272 g/mol. The molecule has 1 rings (SSSR count). The maximum absolute atomic E-state index is 11.8. The molecule has 1 unspecified atom stereocenters. The van der Waals surface area contributed by atoms with E-state index in [1.807, 2.05) is 20.8 Å². The second-order valence-electron chi connectivity index (χ2n) is 4.79. The summed E-state index contributed by atoms with van der Waals surface area (Å²) in [5.41, 5.74) is 0.445. The number of aromatic nitrogens is 1. The number of hydrogen-bond donors (Lipinski definition) is 1. The number of carbonyl (C=O) groups is 1. The molecule has 0 fully saturated rings. The van der Waals surface area contributed by atoms with Gasteiger partial charge in [-0.25, -0.2) is 4.98 Å². The summed E-state index contributed by atoms with van der Waals surface area (Å²) in [5, 5.41) is 3.05. The SMILES string of the molecule is CC(C)(C)S(=O)CCNC(=O)c1ccc(Cl)nc1. The second-order valence-corrected chi connectivity index (χ2v) is 7.50. The Balaban J connectivity index is 2.43. The van der Waals surface area contributed by atoms with Gasteiger partial charge in [0.05, 0.1) is 5.56 Å². The van der Waals surface area contributed by atoms with E-state index in [2.05, 4.69) is 10.3 Å². The van der Waals surface area contributed by atoms with Crippen LogP contribution in [0.4, 0.5) is 0 Å². The quantitative estimate of drug-likeness (QED) is 0.862. The van der Waals surface area contributed by atoms with Gasteiger partial charge in [0.1, 0.15) is 5.15 Å². The van der Waals surface area contributed by atoms with Gasteiger partial charge in [0, 0.05) is 34.0 Å². The minimum absolute atomic E-state index is 0.231. The molecule has 0 saturated heterocycles. The summed E-state index contributed by atoms with van der Waals surface area (Å²) < 4.78 is 11.5. The Morgan fingerprint density at radius 1 is 1.44 bits per heavy atom. The van der Waals surface area contributed by atoms with Gasteiger partial charge in [0.25, 0.3) is 5.91 Å². The van der Waals surface area contributed by atoms with E-state index in [0.29, 0.717) is 23.0 Å². The Morgan fingerprint density at radius 2 is 2.11 bits per heavy atom. The first-order valence-corrected chi connectivity index (χ1v) is 7.28. The largest absolute Gasteiger partial charge is 0.351 e. The van der Waals surface area contributed by atoms with Crippen LogP contribution in [0.3, 0.4) is 0 Å². The van der Waals surface area contributed by atoms with Crippen molar-refractivity contribution >= 4 is 28.3 Å². The van der Waals surface area contributed by atoms with Crippen molar-refractivity contribution in [2.45, 2.75) is 25.5 Å². The number of hydrogen-bond acceptors (Lipinski definition) is 3. The molecule has 18 heavy (non-hydrogen) atoms. The van der Waals surface area contributed by atoms with Crippen molar-refractivity contribution in [3.63, 3.8) is 0 Å². The fourth-order valence-electron chi connectivity index (χ4n) is 1.18. The van der Waals surface area contributed by atoms with E-state index in [1.54, 1.807) is 12.1 Å². The summed E-state index contributed by atoms with van der Waals surface area (Å²) in [5.74, 6) is 0.209. The van der Waals surface area contributed by atoms with Crippen LogP contribution in [0.2, 0.25) is 5.15 Å². The smallest absolute Gasteiger partial charge is 0.252 e. The van der Waals surface area contributed by atoms with Gasteiger partial charge in [-0.1, -0.05) is 11.6 Å². The normalized spacial score (nSPS) is 13.1. The molecule has 0 spiro atoms. The highest BCUT2D eigenvalue weighted by Gasteiger charge is 2.18. The van der Waals surface area contributed by atoms with Crippen LogP contribution in [0.1, 0.15) is 31.1 Å². The van der Waals surface area contributed by atoms with Crippen LogP contribution in [0.5, 0.6) is 0 Å². The molecule has 0 radical (unpaired) electrons. The number of nitrogens with one attached hydrogen (secondary N) is 1. The number of nitrogens with zero attached hydrogens (tertiary/aromatic N) is 1. The molecule has 1 N–H and O–H groups in total. The Hall–Kier alpha value is -0.940. The highest BCUT2D eigenvalue weighted by atomic mass is 35.5. The zero-order chi connectivity index (χ0) is 13.8. The molecule has 1 heterocycles. The van der Waals surface area contributed by atoms with Crippen molar-refractivity contribution in [3.8, 4) is 0 Å². The van der Waals surface area contributed by atoms with Crippen molar-refractivity contribution in [1.82, 2.24) is 10.3 Å². The fraction of sp³-hybridized carbons (Fsp3) is 0.500. The van der Waals surface area contributed by atoms with Crippen LogP contribution >= 0.6 is 11.6 Å². The van der Waals surface area contributed by atoms with Crippen molar-refractivity contribution in [1.29, 1.82) is 0 Å². The Morgan fingerprint density at radius 3 is 2.61 bits per heavy atom. The van der Waals surface area contributed by atoms with Crippen LogP contribution in [0.15, 0.2) is 18.3 Å². The Bertz CT molecular complexity index is 440. The molecule has 0 aromatic carbocycles. The van der Waals surface area contributed by atoms with Crippen molar-refractivity contribution in [3.05, 3.63) is 29.0 Å². The maximum Gasteiger partial charge on any atom is 0.252 e. The first-order valence-electron chi connectivity index (χ1n) is 5.59. The molecule has 0 aliphatic carbocycles. The number of halogens is 1. The minimum Gasteiger partial charge on any atom is -0.351 e. The van der Waals surface area contributed by atoms with Gasteiger partial charge in [-0.3, -0.25) is 9.00 Å². The molecule has 1 aromatic rings. The number of rotatable bonds is 4. The van der Waals surface area contributed by atoms with Gasteiger partial charge in [-0.2, -0.15) is 0 Å². The molecular formula is C12H17ClN2O2S. The van der Waals surface area contributed by atoms with Crippen LogP contribution < -0.4 is 5.32 Å². The van der Waals surface area contributed by atoms with Crippen LogP contribution in [-0.2, 0) is 10.8 Å². The summed E-state index contributed by atoms with van der Waals surface area (Å²) in [7, 11) is -0.965. The average molecular weight is 289 g/mol. The lowest BCUT2D eigenvalue weighted by Crippen LogP contribution is -2.32. The molecule has 1 atom stereocenters. The monoisotopic (exact) mass is 288 g/mol. The summed E-state index contributed by atoms with van der Waals surface area (Å²) >= 11 is 5.63. The third-order valence-corrected chi connectivity index (χ3v) is 4.41. The number of pyridine rings is 1. The van der Waals surface area contributed by atoms with Gasteiger partial charge in [0.2, 0.25) is 0 Å². The van der Waals surface area contributed by atoms with Gasteiger partial charge in [-0.15, -0.1) is 0 Å². The first-order chi connectivity index (χ1) is 8.30. The van der Waals surface area contributed by atoms with Crippen molar-refractivity contribution < 1.29 is 9.00 Å². The third kappa shape index (κ3) is 4.74. The number of amides is 1. The summed E-state index contributed by atoms with van der Waals surface area (Å²) in [6, 6.07) is 3.16. The predicted molar refractivity (Wildman–Crippen MR) is 74.3 cm³/mol. The lowest BCUT2D eigenvalue weighted by atomic mass is 10.3. The van der Waals surface area contributed by atoms with Crippen molar-refractivity contribution in [2.75, 3.05) is 12.3 Å². The second kappa shape index (κ2) is 6.29. The van der Waals surface area contributed by atoms with Gasteiger partial charge >= 0.3 is 0 Å². The molecule has 0 bridgehead atoms. The minimum atomic E-state index is -0.965. The highest BCUT2D eigenvalue weighted by molar-refractivity contribution is 7.86. The first kappa shape index (κ1) is 15.1. The van der Waals surface area contributed by atoms with E-state index in [-0.39, 0.29) is 10.7 Å². The standard InChI is InChI=1S/C12H17ClN2O2S/c1-12(2,3)18(17)7-6-14-11(16)9-4-5-10(13)15-8-9/h4-5,8H,6-7H2,1-3H3,(H,14,16). The maximum atomic E-state index is 11.8. The lowest BCUT2D eigenvalue weighted by molar-refractivity contribution is 0.0956. The van der Waals surface area contributed by atoms with Gasteiger partial charge in [0.15, 0.2) is 0 Å². The zero-order valence-electron chi connectivity index (χ0n) is 10.7. The Labute approximate surface area is 115 Å². The van der Waals surface area contributed by atoms with E-state index in [1.165, 1.54) is 6.20 Å². The molecule has 1 amide bonds. The van der Waals surface area contributed by atoms with Crippen LogP contribution in [-0.4, -0.2) is 32.1 Å². The van der Waals surface area contributed by atoms with E-state index in [4.69, 9.17) is 11.6 Å². The van der Waals surface area contributed by atoms with Gasteiger partial charge < -0.3 is 5.32 Å². The molecule has 6 heteroatoms. The van der Waals surface area contributed by atoms with E-state index in [0.717, 1.165) is 0 Å². The van der Waals surface area contributed by atoms with E-state index in [9.17, 15) is 9.00 Å². The molecule has 0 aliphatic rings. The summed E-state index contributed by atoms with van der Waals surface area (Å²) in [6.07, 6.45) is 1.42.